The van der Waals surface area contributed by atoms with Gasteiger partial charge in [-0.05, 0) is 0 Å². The number of hydrogen-bond acceptors (Lipinski definition) is 3. The Bertz CT molecular complexity index is 219. The molecule has 5 N–H and O–H groups in total. The van der Waals surface area contributed by atoms with Crippen LogP contribution in [0, 0.1) is 0 Å². The van der Waals surface area contributed by atoms with Gasteiger partial charge in [0.15, 0.2) is 0 Å². The molecule has 0 saturated heterocycles. The van der Waals surface area contributed by atoms with Gasteiger partial charge >= 0.3 is 16.1 Å². The molecule has 0 radical (unpaired) electrons. The molecule has 10 heteroatoms. The summed E-state index contributed by atoms with van der Waals surface area (Å²) in [5, 5.41) is 0. The van der Waals surface area contributed by atoms with Gasteiger partial charge < -0.3 is 24.5 Å². The minimum absolute atomic E-state index is 1.03. The van der Waals surface area contributed by atoms with E-state index in [4.69, 9.17) is 33.6 Å². The summed E-state index contributed by atoms with van der Waals surface area (Å²) in [6.45, 7) is 7.15. The molecule has 0 bridgehead atoms. The van der Waals surface area contributed by atoms with Crippen molar-refractivity contribution in [2.45, 2.75) is 0 Å². The van der Waals surface area contributed by atoms with Gasteiger partial charge in [-0.1, -0.05) is 12.2 Å². The summed E-state index contributed by atoms with van der Waals surface area (Å²) in [5.74, 6) is 2.07. The monoisotopic (exact) mass is 294 g/mol. The van der Waals surface area contributed by atoms with Crippen molar-refractivity contribution in [1.29, 1.82) is 0 Å². The maximum atomic E-state index is 8.88. The van der Waals surface area contributed by atoms with Gasteiger partial charge in [-0.3, -0.25) is 4.57 Å². The minimum Gasteiger partial charge on any atom is -0.326 e. The molecule has 0 heterocycles. The second kappa shape index (κ2) is 15.1. The summed E-state index contributed by atoms with van der Waals surface area (Å²) in [6, 6.07) is 0. The lowest BCUT2D eigenvalue weighted by atomic mass is 10.8. The first-order chi connectivity index (χ1) is 7.15. The van der Waals surface area contributed by atoms with Crippen LogP contribution in [0.2, 0.25) is 0 Å². The molecule has 0 spiro atoms. The first-order valence-corrected chi connectivity index (χ1v) is 7.67. The third kappa shape index (κ3) is 144. The standard InChI is InChI=1S/C6H10S.H3O4P.H3O3P/c1-3-5-7-6-4-2;1-5(2,3)4;1-4(2)3/h3-4H,1-2,5-6H2;(H3,1,2,3,4);4H,(H2,1,2,3). The number of thioether (sulfide) groups is 1. The lowest BCUT2D eigenvalue weighted by Crippen LogP contribution is -1.69. The van der Waals surface area contributed by atoms with Crippen molar-refractivity contribution in [1.82, 2.24) is 0 Å². The van der Waals surface area contributed by atoms with Crippen molar-refractivity contribution < 1.29 is 33.6 Å². The molecule has 0 aromatic carbocycles. The highest BCUT2D eigenvalue weighted by Gasteiger charge is 2.00. The van der Waals surface area contributed by atoms with Gasteiger partial charge in [0, 0.05) is 11.5 Å². The highest BCUT2D eigenvalue weighted by molar-refractivity contribution is 7.99. The summed E-state index contributed by atoms with van der Waals surface area (Å²) in [4.78, 5) is 35.9. The lowest BCUT2D eigenvalue weighted by Gasteiger charge is -1.85. The summed E-state index contributed by atoms with van der Waals surface area (Å²) in [6.07, 6.45) is 3.79. The molecule has 0 rings (SSSR count). The van der Waals surface area contributed by atoms with Gasteiger partial charge in [-0.25, -0.2) is 4.57 Å². The Morgan fingerprint density at radius 1 is 1.12 bits per heavy atom. The van der Waals surface area contributed by atoms with E-state index in [1.54, 1.807) is 0 Å². The molecule has 0 aliphatic heterocycles. The Labute approximate surface area is 98.7 Å². The molecule has 0 fully saturated rings. The summed E-state index contributed by atoms with van der Waals surface area (Å²) in [7, 11) is -7.77. The average Bonchev–Trinajstić information content (AvgIpc) is 2.01. The van der Waals surface area contributed by atoms with Crippen molar-refractivity contribution in [2.75, 3.05) is 11.5 Å². The molecule has 0 aromatic heterocycles. The van der Waals surface area contributed by atoms with Gasteiger partial charge in [-0.2, -0.15) is 11.8 Å². The lowest BCUT2D eigenvalue weighted by molar-refractivity contribution is 0.275. The van der Waals surface area contributed by atoms with E-state index >= 15 is 0 Å². The SMILES string of the molecule is C=CCSCC=C.O=P(O)(O)O.O=[PH](O)O. The third-order valence-electron chi connectivity index (χ3n) is 0.471. The predicted molar refractivity (Wildman–Crippen MR) is 65.4 cm³/mol. The Balaban J connectivity index is -0.000000166. The molecule has 0 saturated carbocycles. The van der Waals surface area contributed by atoms with Crippen LogP contribution in [-0.4, -0.2) is 36.0 Å². The minimum atomic E-state index is -4.64. The Morgan fingerprint density at radius 2 is 1.31 bits per heavy atom. The van der Waals surface area contributed by atoms with E-state index in [2.05, 4.69) is 13.2 Å². The highest BCUT2D eigenvalue weighted by atomic mass is 32.2. The molecule has 0 aliphatic rings. The molecule has 0 aromatic rings. The smallest absolute Gasteiger partial charge is 0.326 e. The number of rotatable bonds is 4. The van der Waals surface area contributed by atoms with Crippen molar-refractivity contribution in [3.05, 3.63) is 25.3 Å². The molecule has 0 unspecified atom stereocenters. The first kappa shape index (κ1) is 21.4. The zero-order chi connectivity index (χ0) is 13.6. The van der Waals surface area contributed by atoms with Crippen molar-refractivity contribution >= 4 is 27.8 Å². The van der Waals surface area contributed by atoms with E-state index < -0.39 is 16.1 Å². The molecule has 16 heavy (non-hydrogen) atoms. The topological polar surface area (TPSA) is 135 Å². The van der Waals surface area contributed by atoms with Crippen LogP contribution in [0.1, 0.15) is 0 Å². The van der Waals surface area contributed by atoms with E-state index in [1.165, 1.54) is 0 Å². The van der Waals surface area contributed by atoms with E-state index in [1.807, 2.05) is 23.9 Å². The Kier molecular flexibility index (Phi) is 20.2. The van der Waals surface area contributed by atoms with Gasteiger partial charge in [0.05, 0.1) is 0 Å². The Morgan fingerprint density at radius 3 is 1.44 bits per heavy atom. The van der Waals surface area contributed by atoms with Gasteiger partial charge in [0.25, 0.3) is 0 Å². The summed E-state index contributed by atoms with van der Waals surface area (Å²) >= 11 is 1.82. The van der Waals surface area contributed by atoms with Crippen molar-refractivity contribution in [3.8, 4) is 0 Å². The van der Waals surface area contributed by atoms with Crippen LogP contribution in [0.15, 0.2) is 25.3 Å². The van der Waals surface area contributed by atoms with Crippen LogP contribution in [0.4, 0.5) is 0 Å². The molecule has 7 nitrogen and oxygen atoms in total. The second-order valence-electron chi connectivity index (χ2n) is 1.91. The molecule has 0 amide bonds. The number of hydrogen-bond donors (Lipinski definition) is 5. The fourth-order valence-corrected chi connectivity index (χ4v) is 0.704. The molecule has 0 atom stereocenters. The summed E-state index contributed by atoms with van der Waals surface area (Å²) in [5.41, 5.74) is 0. The van der Waals surface area contributed by atoms with Crippen LogP contribution in [-0.2, 0) is 9.13 Å². The first-order valence-electron chi connectivity index (χ1n) is 3.64. The van der Waals surface area contributed by atoms with Crippen LogP contribution in [0.3, 0.4) is 0 Å². The van der Waals surface area contributed by atoms with Crippen LogP contribution < -0.4 is 0 Å². The normalized spacial score (nSPS) is 9.38. The Hall–Kier alpha value is 0.0900. The van der Waals surface area contributed by atoms with Gasteiger partial charge in [0.2, 0.25) is 0 Å². The highest BCUT2D eigenvalue weighted by Crippen LogP contribution is 2.25. The zero-order valence-electron chi connectivity index (χ0n) is 8.39. The summed E-state index contributed by atoms with van der Waals surface area (Å²) < 4.78 is 17.6. The largest absolute Gasteiger partial charge is 0.466 e. The van der Waals surface area contributed by atoms with E-state index in [0.717, 1.165) is 11.5 Å². The van der Waals surface area contributed by atoms with E-state index in [9.17, 15) is 0 Å². The molecule has 98 valence electrons. The molecular formula is C6H16O7P2S. The number of phosphoric acid groups is 1. The van der Waals surface area contributed by atoms with Crippen molar-refractivity contribution in [3.63, 3.8) is 0 Å². The zero-order valence-corrected chi connectivity index (χ0v) is 11.1. The van der Waals surface area contributed by atoms with Gasteiger partial charge in [0.1, 0.15) is 0 Å². The van der Waals surface area contributed by atoms with Crippen LogP contribution in [0.25, 0.3) is 0 Å². The quantitative estimate of drug-likeness (QED) is 0.288. The maximum Gasteiger partial charge on any atom is 0.466 e. The van der Waals surface area contributed by atoms with Crippen LogP contribution >= 0.6 is 27.8 Å². The second-order valence-corrected chi connectivity index (χ2v) is 4.58. The van der Waals surface area contributed by atoms with Crippen molar-refractivity contribution in [2.24, 2.45) is 0 Å². The fraction of sp³-hybridized carbons (Fsp3) is 0.333. The molecule has 0 aliphatic carbocycles. The predicted octanol–water partition coefficient (Wildman–Crippen LogP) is 0.524. The van der Waals surface area contributed by atoms with E-state index in [0.29, 0.717) is 0 Å². The van der Waals surface area contributed by atoms with Gasteiger partial charge in [-0.15, -0.1) is 13.2 Å². The fourth-order valence-electron chi connectivity index (χ4n) is 0.235. The third-order valence-corrected chi connectivity index (χ3v) is 1.41. The van der Waals surface area contributed by atoms with Crippen LogP contribution in [0.5, 0.6) is 0 Å². The maximum absolute atomic E-state index is 8.88. The van der Waals surface area contributed by atoms with E-state index in [-0.39, 0.29) is 0 Å². The molecular weight excluding hydrogens is 278 g/mol. The average molecular weight is 294 g/mol.